The third-order valence-electron chi connectivity index (χ3n) is 2.00. The minimum Gasteiger partial charge on any atom is -0.383 e. The summed E-state index contributed by atoms with van der Waals surface area (Å²) >= 11 is 12.6. The van der Waals surface area contributed by atoms with Gasteiger partial charge in [-0.15, -0.1) is 11.6 Å². The lowest BCUT2D eigenvalue weighted by molar-refractivity contribution is 0.0948. The second-order valence-electron chi connectivity index (χ2n) is 3.39. The molecule has 0 spiro atoms. The molecule has 0 aliphatic carbocycles. The van der Waals surface area contributed by atoms with Crippen LogP contribution >= 0.6 is 43.5 Å². The smallest absolute Gasteiger partial charge is 0.252 e. The van der Waals surface area contributed by atoms with Crippen LogP contribution in [-0.4, -0.2) is 31.5 Å². The minimum absolute atomic E-state index is 0.167. The maximum Gasteiger partial charge on any atom is 0.252 e. The van der Waals surface area contributed by atoms with E-state index in [0.29, 0.717) is 18.7 Å². The Bertz CT molecular complexity index is 401. The van der Waals surface area contributed by atoms with E-state index in [1.54, 1.807) is 13.2 Å². The zero-order valence-corrected chi connectivity index (χ0v) is 13.1. The molecule has 1 amide bonds. The van der Waals surface area contributed by atoms with Gasteiger partial charge < -0.3 is 10.1 Å². The summed E-state index contributed by atoms with van der Waals surface area (Å²) in [5.74, 6) is -0.167. The van der Waals surface area contributed by atoms with Crippen molar-refractivity contribution in [3.8, 4) is 0 Å². The molecule has 1 aromatic rings. The van der Waals surface area contributed by atoms with Crippen LogP contribution in [0, 0.1) is 0 Å². The van der Waals surface area contributed by atoms with E-state index in [1.807, 2.05) is 12.1 Å². The van der Waals surface area contributed by atoms with Crippen molar-refractivity contribution in [2.75, 3.05) is 20.3 Å². The zero-order chi connectivity index (χ0) is 12.8. The lowest BCUT2D eigenvalue weighted by Gasteiger charge is -2.11. The third kappa shape index (κ3) is 4.95. The first-order valence-corrected chi connectivity index (χ1v) is 6.93. The van der Waals surface area contributed by atoms with Crippen molar-refractivity contribution in [1.82, 2.24) is 5.32 Å². The summed E-state index contributed by atoms with van der Waals surface area (Å²) < 4.78 is 6.48. The van der Waals surface area contributed by atoms with E-state index in [2.05, 4.69) is 37.2 Å². The average Bonchev–Trinajstić information content (AvgIpc) is 2.29. The molecule has 1 aromatic carbocycles. The fourth-order valence-corrected chi connectivity index (χ4v) is 2.20. The molecule has 17 heavy (non-hydrogen) atoms. The predicted molar refractivity (Wildman–Crippen MR) is 75.7 cm³/mol. The second-order valence-corrected chi connectivity index (χ2v) is 5.77. The van der Waals surface area contributed by atoms with Gasteiger partial charge in [0.15, 0.2) is 0 Å². The monoisotopic (exact) mass is 383 g/mol. The van der Waals surface area contributed by atoms with Crippen LogP contribution in [0.2, 0.25) is 0 Å². The highest BCUT2D eigenvalue weighted by molar-refractivity contribution is 9.11. The maximum atomic E-state index is 11.9. The average molecular weight is 385 g/mol. The molecule has 0 radical (unpaired) electrons. The molecule has 1 unspecified atom stereocenters. The maximum absolute atomic E-state index is 11.9. The number of ether oxygens (including phenoxy) is 1. The molecule has 3 nitrogen and oxygen atoms in total. The molecule has 0 aromatic heterocycles. The van der Waals surface area contributed by atoms with Crippen LogP contribution in [0.25, 0.3) is 0 Å². The van der Waals surface area contributed by atoms with Crippen LogP contribution in [0.15, 0.2) is 27.1 Å². The van der Waals surface area contributed by atoms with Crippen molar-refractivity contribution in [2.24, 2.45) is 0 Å². The van der Waals surface area contributed by atoms with Gasteiger partial charge in [-0.05, 0) is 34.1 Å². The first kappa shape index (κ1) is 15.0. The lowest BCUT2D eigenvalue weighted by Crippen LogP contribution is -2.31. The molecule has 6 heteroatoms. The SMILES string of the molecule is COCC(Cl)CNC(=O)c1cc(Br)ccc1Br. The van der Waals surface area contributed by atoms with E-state index in [9.17, 15) is 4.79 Å². The Morgan fingerprint density at radius 3 is 2.88 bits per heavy atom. The number of hydrogen-bond acceptors (Lipinski definition) is 2. The van der Waals surface area contributed by atoms with Gasteiger partial charge >= 0.3 is 0 Å². The van der Waals surface area contributed by atoms with Crippen molar-refractivity contribution in [2.45, 2.75) is 5.38 Å². The van der Waals surface area contributed by atoms with E-state index in [0.717, 1.165) is 8.95 Å². The van der Waals surface area contributed by atoms with Crippen LogP contribution in [0.3, 0.4) is 0 Å². The van der Waals surface area contributed by atoms with E-state index >= 15 is 0 Å². The number of alkyl halides is 1. The Labute approximate surface area is 122 Å². The van der Waals surface area contributed by atoms with E-state index in [1.165, 1.54) is 0 Å². The summed E-state index contributed by atoms with van der Waals surface area (Å²) in [6.07, 6.45) is 0. The van der Waals surface area contributed by atoms with Crippen molar-refractivity contribution in [1.29, 1.82) is 0 Å². The lowest BCUT2D eigenvalue weighted by atomic mass is 10.2. The standard InChI is InChI=1S/C11H12Br2ClNO2/c1-17-6-8(14)5-15-11(16)9-4-7(12)2-3-10(9)13/h2-4,8H,5-6H2,1H3,(H,15,16). The molecule has 94 valence electrons. The normalized spacial score (nSPS) is 12.2. The summed E-state index contributed by atoms with van der Waals surface area (Å²) in [4.78, 5) is 11.9. The highest BCUT2D eigenvalue weighted by atomic mass is 79.9. The fourth-order valence-electron chi connectivity index (χ4n) is 1.21. The number of carbonyl (C=O) groups excluding carboxylic acids is 1. The number of halogens is 3. The highest BCUT2D eigenvalue weighted by Gasteiger charge is 2.12. The van der Waals surface area contributed by atoms with Gasteiger partial charge in [0.2, 0.25) is 0 Å². The number of hydrogen-bond donors (Lipinski definition) is 1. The number of carbonyl (C=O) groups is 1. The van der Waals surface area contributed by atoms with E-state index in [4.69, 9.17) is 16.3 Å². The molecule has 0 bridgehead atoms. The van der Waals surface area contributed by atoms with Gasteiger partial charge in [-0.1, -0.05) is 15.9 Å². The van der Waals surface area contributed by atoms with Gasteiger partial charge in [0.05, 0.1) is 17.5 Å². The van der Waals surface area contributed by atoms with Crippen LogP contribution < -0.4 is 5.32 Å². The molecule has 1 rings (SSSR count). The topological polar surface area (TPSA) is 38.3 Å². The van der Waals surface area contributed by atoms with Gasteiger partial charge in [0.1, 0.15) is 0 Å². The molecule has 0 saturated carbocycles. The fraction of sp³-hybridized carbons (Fsp3) is 0.364. The Kier molecular flexibility index (Phi) is 6.48. The van der Waals surface area contributed by atoms with Crippen molar-refractivity contribution in [3.05, 3.63) is 32.7 Å². The molecule has 1 atom stereocenters. The summed E-state index contributed by atoms with van der Waals surface area (Å²) in [5.41, 5.74) is 0.570. The van der Waals surface area contributed by atoms with E-state index < -0.39 is 0 Å². The largest absolute Gasteiger partial charge is 0.383 e. The molecule has 0 aliphatic rings. The van der Waals surface area contributed by atoms with Crippen LogP contribution in [0.1, 0.15) is 10.4 Å². The minimum atomic E-state index is -0.227. The highest BCUT2D eigenvalue weighted by Crippen LogP contribution is 2.21. The molecule has 0 saturated heterocycles. The zero-order valence-electron chi connectivity index (χ0n) is 9.17. The van der Waals surface area contributed by atoms with Gasteiger partial charge in [0, 0.05) is 22.6 Å². The van der Waals surface area contributed by atoms with Gasteiger partial charge in [-0.2, -0.15) is 0 Å². The number of rotatable bonds is 5. The molecule has 0 heterocycles. The van der Waals surface area contributed by atoms with Crippen LogP contribution in [-0.2, 0) is 4.74 Å². The summed E-state index contributed by atoms with van der Waals surface area (Å²) in [6, 6.07) is 5.42. The number of nitrogens with one attached hydrogen (secondary N) is 1. The Morgan fingerprint density at radius 2 is 2.24 bits per heavy atom. The van der Waals surface area contributed by atoms with Crippen molar-refractivity contribution in [3.63, 3.8) is 0 Å². The predicted octanol–water partition coefficient (Wildman–Crippen LogP) is 3.20. The van der Waals surface area contributed by atoms with Crippen molar-refractivity contribution >= 4 is 49.4 Å². The second kappa shape index (κ2) is 7.36. The Hall–Kier alpha value is -0.100. The first-order chi connectivity index (χ1) is 8.04. The number of benzene rings is 1. The Balaban J connectivity index is 2.61. The molecular weight excluding hydrogens is 373 g/mol. The Morgan fingerprint density at radius 1 is 1.53 bits per heavy atom. The van der Waals surface area contributed by atoms with Gasteiger partial charge in [-0.25, -0.2) is 0 Å². The summed E-state index contributed by atoms with van der Waals surface area (Å²) in [5, 5.41) is 2.52. The van der Waals surface area contributed by atoms with E-state index in [-0.39, 0.29) is 11.3 Å². The van der Waals surface area contributed by atoms with Crippen LogP contribution in [0.5, 0.6) is 0 Å². The number of amides is 1. The summed E-state index contributed by atoms with van der Waals surface area (Å²) in [6.45, 7) is 0.772. The van der Waals surface area contributed by atoms with Gasteiger partial charge in [-0.3, -0.25) is 4.79 Å². The molecule has 0 aliphatic heterocycles. The first-order valence-electron chi connectivity index (χ1n) is 4.91. The third-order valence-corrected chi connectivity index (χ3v) is 3.47. The van der Waals surface area contributed by atoms with Crippen LogP contribution in [0.4, 0.5) is 0 Å². The number of methoxy groups -OCH3 is 1. The molecular formula is C11H12Br2ClNO2. The molecule has 1 N–H and O–H groups in total. The summed E-state index contributed by atoms with van der Waals surface area (Å²) in [7, 11) is 1.57. The van der Waals surface area contributed by atoms with Gasteiger partial charge in [0.25, 0.3) is 5.91 Å². The van der Waals surface area contributed by atoms with Crippen molar-refractivity contribution < 1.29 is 9.53 Å². The quantitative estimate of drug-likeness (QED) is 0.791. The molecule has 0 fully saturated rings.